The molecule has 1 aliphatic rings. The quantitative estimate of drug-likeness (QED) is 0.899. The number of hydrogen-bond donors (Lipinski definition) is 1. The molecule has 1 aromatic heterocycles. The molecule has 0 radical (unpaired) electrons. The molecule has 1 amide bonds. The van der Waals surface area contributed by atoms with Crippen molar-refractivity contribution in [3.8, 4) is 0 Å². The van der Waals surface area contributed by atoms with Gasteiger partial charge in [-0.05, 0) is 26.3 Å². The van der Waals surface area contributed by atoms with Crippen LogP contribution in [-0.4, -0.2) is 42.1 Å². The van der Waals surface area contributed by atoms with Crippen LogP contribution in [0.4, 0.5) is 5.13 Å². The van der Waals surface area contributed by atoms with E-state index in [1.54, 1.807) is 0 Å². The topological polar surface area (TPSA) is 54.5 Å². The standard InChI is InChI=1S/C13H21N3O2S/c1-10(17)14-13-15-11(9-19-13)7-16(2)8-12-5-3-4-6-18-12/h9,12H,3-8H2,1-2H3,(H,14,15,17). The van der Waals surface area contributed by atoms with Gasteiger partial charge in [-0.3, -0.25) is 9.69 Å². The average molecular weight is 283 g/mol. The van der Waals surface area contributed by atoms with E-state index in [1.807, 2.05) is 5.38 Å². The first-order valence-corrected chi connectivity index (χ1v) is 7.53. The van der Waals surface area contributed by atoms with E-state index in [1.165, 1.54) is 31.1 Å². The lowest BCUT2D eigenvalue weighted by Gasteiger charge is -2.26. The fraction of sp³-hybridized carbons (Fsp3) is 0.692. The molecule has 2 heterocycles. The molecule has 1 saturated heterocycles. The zero-order valence-corrected chi connectivity index (χ0v) is 12.3. The summed E-state index contributed by atoms with van der Waals surface area (Å²) in [6, 6.07) is 0. The third-order valence-corrected chi connectivity index (χ3v) is 3.86. The van der Waals surface area contributed by atoms with E-state index in [-0.39, 0.29) is 5.91 Å². The summed E-state index contributed by atoms with van der Waals surface area (Å²) in [5.74, 6) is -0.0788. The number of hydrogen-bond acceptors (Lipinski definition) is 5. The number of anilines is 1. The van der Waals surface area contributed by atoms with Gasteiger partial charge in [0.25, 0.3) is 0 Å². The molecule has 1 aliphatic heterocycles. The van der Waals surface area contributed by atoms with E-state index in [4.69, 9.17) is 4.74 Å². The molecular weight excluding hydrogens is 262 g/mol. The second-order valence-electron chi connectivity index (χ2n) is 5.01. The first-order chi connectivity index (χ1) is 9.13. The Morgan fingerprint density at radius 1 is 1.63 bits per heavy atom. The maximum Gasteiger partial charge on any atom is 0.223 e. The third kappa shape index (κ3) is 4.89. The molecule has 0 bridgehead atoms. The van der Waals surface area contributed by atoms with Crippen LogP contribution in [0.5, 0.6) is 0 Å². The van der Waals surface area contributed by atoms with Crippen LogP contribution in [-0.2, 0) is 16.1 Å². The highest BCUT2D eigenvalue weighted by Crippen LogP contribution is 2.18. The summed E-state index contributed by atoms with van der Waals surface area (Å²) in [7, 11) is 2.08. The summed E-state index contributed by atoms with van der Waals surface area (Å²) in [4.78, 5) is 17.5. The van der Waals surface area contributed by atoms with Crippen molar-refractivity contribution in [3.63, 3.8) is 0 Å². The van der Waals surface area contributed by atoms with E-state index in [0.29, 0.717) is 11.2 Å². The van der Waals surface area contributed by atoms with Crippen LogP contribution in [0, 0.1) is 0 Å². The summed E-state index contributed by atoms with van der Waals surface area (Å²) < 4.78 is 5.73. The number of aromatic nitrogens is 1. The molecule has 0 spiro atoms. The number of thiazole rings is 1. The van der Waals surface area contributed by atoms with Gasteiger partial charge in [-0.1, -0.05) is 0 Å². The van der Waals surface area contributed by atoms with Crippen LogP contribution in [0.15, 0.2) is 5.38 Å². The number of amides is 1. The maximum absolute atomic E-state index is 10.9. The molecular formula is C13H21N3O2S. The minimum absolute atomic E-state index is 0.0788. The average Bonchev–Trinajstić information content (AvgIpc) is 2.76. The first kappa shape index (κ1) is 14.4. The van der Waals surface area contributed by atoms with Gasteiger partial charge in [-0.25, -0.2) is 4.98 Å². The first-order valence-electron chi connectivity index (χ1n) is 6.65. The predicted octanol–water partition coefficient (Wildman–Crippen LogP) is 2.10. The third-order valence-electron chi connectivity index (χ3n) is 3.06. The minimum Gasteiger partial charge on any atom is -0.377 e. The minimum atomic E-state index is -0.0788. The molecule has 2 rings (SSSR count). The van der Waals surface area contributed by atoms with Crippen LogP contribution < -0.4 is 5.32 Å². The Labute approximate surface area is 118 Å². The summed E-state index contributed by atoms with van der Waals surface area (Å²) in [5, 5.41) is 5.37. The van der Waals surface area contributed by atoms with Gasteiger partial charge in [-0.15, -0.1) is 11.3 Å². The number of carbonyl (C=O) groups is 1. The smallest absolute Gasteiger partial charge is 0.223 e. The Balaban J connectivity index is 1.79. The molecule has 6 heteroatoms. The predicted molar refractivity (Wildman–Crippen MR) is 76.3 cm³/mol. The van der Waals surface area contributed by atoms with Crippen molar-refractivity contribution in [2.24, 2.45) is 0 Å². The number of ether oxygens (including phenoxy) is 1. The number of nitrogens with zero attached hydrogens (tertiary/aromatic N) is 2. The van der Waals surface area contributed by atoms with E-state index in [2.05, 4.69) is 22.2 Å². The molecule has 5 nitrogen and oxygen atoms in total. The van der Waals surface area contributed by atoms with E-state index in [0.717, 1.165) is 31.8 Å². The van der Waals surface area contributed by atoms with Crippen molar-refractivity contribution >= 4 is 22.4 Å². The highest BCUT2D eigenvalue weighted by Gasteiger charge is 2.16. The lowest BCUT2D eigenvalue weighted by Crippen LogP contribution is -2.33. The molecule has 1 aromatic rings. The Hall–Kier alpha value is -0.980. The molecule has 1 N–H and O–H groups in total. The van der Waals surface area contributed by atoms with E-state index < -0.39 is 0 Å². The summed E-state index contributed by atoms with van der Waals surface area (Å²) in [6.07, 6.45) is 3.96. The SMILES string of the molecule is CC(=O)Nc1nc(CN(C)CC2CCCCO2)cs1. The molecule has 19 heavy (non-hydrogen) atoms. The molecule has 0 aliphatic carbocycles. The van der Waals surface area contributed by atoms with Gasteiger partial charge in [0.05, 0.1) is 11.8 Å². The van der Waals surface area contributed by atoms with Gasteiger partial charge >= 0.3 is 0 Å². The molecule has 1 fully saturated rings. The molecule has 0 aromatic carbocycles. The number of carbonyl (C=O) groups excluding carboxylic acids is 1. The van der Waals surface area contributed by atoms with Gasteiger partial charge in [0.15, 0.2) is 5.13 Å². The van der Waals surface area contributed by atoms with Crippen molar-refractivity contribution < 1.29 is 9.53 Å². The van der Waals surface area contributed by atoms with Gasteiger partial charge in [0, 0.05) is 32.0 Å². The van der Waals surface area contributed by atoms with E-state index >= 15 is 0 Å². The Morgan fingerprint density at radius 3 is 3.16 bits per heavy atom. The summed E-state index contributed by atoms with van der Waals surface area (Å²) >= 11 is 1.46. The maximum atomic E-state index is 10.9. The molecule has 1 atom stereocenters. The fourth-order valence-electron chi connectivity index (χ4n) is 2.23. The van der Waals surface area contributed by atoms with Crippen LogP contribution in [0.1, 0.15) is 31.9 Å². The highest BCUT2D eigenvalue weighted by molar-refractivity contribution is 7.13. The number of nitrogens with one attached hydrogen (secondary N) is 1. The normalized spacial score (nSPS) is 19.6. The van der Waals surface area contributed by atoms with Gasteiger partial charge < -0.3 is 10.1 Å². The van der Waals surface area contributed by atoms with Crippen LogP contribution >= 0.6 is 11.3 Å². The zero-order chi connectivity index (χ0) is 13.7. The number of rotatable bonds is 5. The molecule has 106 valence electrons. The monoisotopic (exact) mass is 283 g/mol. The van der Waals surface area contributed by atoms with Crippen LogP contribution in [0.2, 0.25) is 0 Å². The van der Waals surface area contributed by atoms with Crippen LogP contribution in [0.25, 0.3) is 0 Å². The second-order valence-corrected chi connectivity index (χ2v) is 5.87. The fourth-order valence-corrected chi connectivity index (χ4v) is 2.98. The lowest BCUT2D eigenvalue weighted by atomic mass is 10.1. The van der Waals surface area contributed by atoms with Crippen molar-refractivity contribution in [3.05, 3.63) is 11.1 Å². The van der Waals surface area contributed by atoms with Crippen LogP contribution in [0.3, 0.4) is 0 Å². The Morgan fingerprint density at radius 2 is 2.47 bits per heavy atom. The second kappa shape index (κ2) is 6.98. The Kier molecular flexibility index (Phi) is 5.30. The summed E-state index contributed by atoms with van der Waals surface area (Å²) in [6.45, 7) is 4.11. The number of likely N-dealkylation sites (N-methyl/N-ethyl adjacent to an activating group) is 1. The molecule has 0 saturated carbocycles. The van der Waals surface area contributed by atoms with Crippen molar-refractivity contribution in [1.82, 2.24) is 9.88 Å². The van der Waals surface area contributed by atoms with E-state index in [9.17, 15) is 4.79 Å². The van der Waals surface area contributed by atoms with Gasteiger partial charge in [0.2, 0.25) is 5.91 Å². The zero-order valence-electron chi connectivity index (χ0n) is 11.5. The van der Waals surface area contributed by atoms with Crippen molar-refractivity contribution in [2.45, 2.75) is 38.8 Å². The van der Waals surface area contributed by atoms with Crippen molar-refractivity contribution in [2.75, 3.05) is 25.5 Å². The molecule has 1 unspecified atom stereocenters. The van der Waals surface area contributed by atoms with Gasteiger partial charge in [0.1, 0.15) is 0 Å². The summed E-state index contributed by atoms with van der Waals surface area (Å²) in [5.41, 5.74) is 0.993. The highest BCUT2D eigenvalue weighted by atomic mass is 32.1. The van der Waals surface area contributed by atoms with Gasteiger partial charge in [-0.2, -0.15) is 0 Å². The lowest BCUT2D eigenvalue weighted by molar-refractivity contribution is -0.114. The Bertz CT molecular complexity index is 416. The largest absolute Gasteiger partial charge is 0.377 e. The van der Waals surface area contributed by atoms with Crippen molar-refractivity contribution in [1.29, 1.82) is 0 Å².